The van der Waals surface area contributed by atoms with Crippen molar-refractivity contribution in [3.05, 3.63) is 12.3 Å². The quantitative estimate of drug-likeness (QED) is 0.0960. The Bertz CT molecular complexity index is 760. The van der Waals surface area contributed by atoms with Gasteiger partial charge in [0.25, 0.3) is 0 Å². The Morgan fingerprint density at radius 3 is 2.27 bits per heavy atom. The van der Waals surface area contributed by atoms with Gasteiger partial charge in [-0.1, -0.05) is 45.6 Å². The van der Waals surface area contributed by atoms with Crippen LogP contribution in [-0.2, 0) is 23.7 Å². The zero-order valence-electron chi connectivity index (χ0n) is 25.6. The van der Waals surface area contributed by atoms with Crippen molar-refractivity contribution in [2.45, 2.75) is 94.9 Å². The van der Waals surface area contributed by atoms with Gasteiger partial charge in [0.2, 0.25) is 5.91 Å². The summed E-state index contributed by atoms with van der Waals surface area (Å²) in [4.78, 5) is 25.4. The summed E-state index contributed by atoms with van der Waals surface area (Å²) in [6.45, 7) is 14.2. The third kappa shape index (κ3) is 14.5. The SMILES string of the molecule is C=C(CCCCC[C@@H]1SCC2(C)NC(=O)N(CCCCCC)C12)NCCOCCOCCOCCOCCC(N)=O. The van der Waals surface area contributed by atoms with Crippen LogP contribution in [0.2, 0.25) is 0 Å². The van der Waals surface area contributed by atoms with Crippen LogP contribution in [0.4, 0.5) is 4.79 Å². The molecule has 0 saturated carbocycles. The number of amides is 3. The molecule has 0 aromatic heterocycles. The number of unbranched alkanes of at least 4 members (excludes halogenated alkanes) is 5. The molecule has 2 saturated heterocycles. The van der Waals surface area contributed by atoms with E-state index >= 15 is 0 Å². The molecule has 2 aliphatic heterocycles. The number of primary amides is 1. The number of carbonyl (C=O) groups is 2. The van der Waals surface area contributed by atoms with Crippen molar-refractivity contribution in [1.29, 1.82) is 0 Å². The number of rotatable bonds is 27. The maximum atomic E-state index is 12.7. The second kappa shape index (κ2) is 21.2. The lowest BCUT2D eigenvalue weighted by Gasteiger charge is -2.31. The Balaban J connectivity index is 1.40. The number of nitrogens with one attached hydrogen (secondary N) is 2. The largest absolute Gasteiger partial charge is 0.387 e. The summed E-state index contributed by atoms with van der Waals surface area (Å²) in [7, 11) is 0. The minimum Gasteiger partial charge on any atom is -0.387 e. The summed E-state index contributed by atoms with van der Waals surface area (Å²) in [6.07, 6.45) is 10.6. The lowest BCUT2D eigenvalue weighted by Crippen LogP contribution is -2.48. The van der Waals surface area contributed by atoms with Crippen LogP contribution in [0.3, 0.4) is 0 Å². The number of hydrogen-bond donors (Lipinski definition) is 3. The summed E-state index contributed by atoms with van der Waals surface area (Å²) in [5, 5.41) is 7.18. The predicted molar refractivity (Wildman–Crippen MR) is 165 cm³/mol. The number of carbonyl (C=O) groups excluding carboxylic acids is 2. The van der Waals surface area contributed by atoms with E-state index in [9.17, 15) is 9.59 Å². The van der Waals surface area contributed by atoms with Gasteiger partial charge in [-0.05, 0) is 32.6 Å². The highest BCUT2D eigenvalue weighted by Crippen LogP contribution is 2.43. The average molecular weight is 601 g/mol. The van der Waals surface area contributed by atoms with Crippen molar-refractivity contribution >= 4 is 23.7 Å². The first-order valence-electron chi connectivity index (χ1n) is 15.6. The van der Waals surface area contributed by atoms with Crippen molar-refractivity contribution in [3.8, 4) is 0 Å². The van der Waals surface area contributed by atoms with Gasteiger partial charge in [-0.25, -0.2) is 4.79 Å². The topological polar surface area (TPSA) is 124 Å². The third-order valence-electron chi connectivity index (χ3n) is 7.54. The van der Waals surface area contributed by atoms with Crippen LogP contribution in [0.15, 0.2) is 12.3 Å². The van der Waals surface area contributed by atoms with E-state index in [0.717, 1.165) is 43.8 Å². The van der Waals surface area contributed by atoms with Crippen molar-refractivity contribution < 1.29 is 28.5 Å². The van der Waals surface area contributed by atoms with Gasteiger partial charge in [0.1, 0.15) is 0 Å². The molecule has 10 nitrogen and oxygen atoms in total. The van der Waals surface area contributed by atoms with E-state index in [1.54, 1.807) is 0 Å². The molecule has 238 valence electrons. The van der Waals surface area contributed by atoms with Crippen LogP contribution in [-0.4, -0.2) is 105 Å². The fraction of sp³-hybridized carbons (Fsp3) is 0.867. The molecule has 0 aliphatic carbocycles. The normalized spacial score (nSPS) is 21.7. The first-order chi connectivity index (χ1) is 19.9. The van der Waals surface area contributed by atoms with Crippen molar-refractivity contribution in [1.82, 2.24) is 15.5 Å². The molecule has 2 rings (SSSR count). The van der Waals surface area contributed by atoms with E-state index in [1.807, 2.05) is 11.8 Å². The number of ether oxygens (including phenoxy) is 4. The first kappa shape index (κ1) is 35.7. The van der Waals surface area contributed by atoms with E-state index in [0.29, 0.717) is 64.1 Å². The molecule has 0 bridgehead atoms. The minimum absolute atomic E-state index is 0.0801. The van der Waals surface area contributed by atoms with E-state index in [2.05, 4.69) is 36.0 Å². The van der Waals surface area contributed by atoms with Crippen LogP contribution in [0.25, 0.3) is 0 Å². The molecule has 41 heavy (non-hydrogen) atoms. The van der Waals surface area contributed by atoms with Crippen LogP contribution in [0.5, 0.6) is 0 Å². The molecule has 0 aromatic rings. The van der Waals surface area contributed by atoms with Crippen molar-refractivity contribution in [3.63, 3.8) is 0 Å². The number of urea groups is 1. The van der Waals surface area contributed by atoms with Gasteiger partial charge in [-0.15, -0.1) is 0 Å². The lowest BCUT2D eigenvalue weighted by molar-refractivity contribution is -0.119. The smallest absolute Gasteiger partial charge is 0.318 e. The van der Waals surface area contributed by atoms with E-state index in [-0.39, 0.29) is 23.9 Å². The van der Waals surface area contributed by atoms with E-state index < -0.39 is 0 Å². The van der Waals surface area contributed by atoms with Gasteiger partial charge in [0.15, 0.2) is 0 Å². The van der Waals surface area contributed by atoms with Crippen molar-refractivity contribution in [2.24, 2.45) is 5.73 Å². The fourth-order valence-corrected chi connectivity index (χ4v) is 7.10. The van der Waals surface area contributed by atoms with Crippen LogP contribution in [0, 0.1) is 0 Å². The van der Waals surface area contributed by atoms with Gasteiger partial charge in [0.05, 0.1) is 64.4 Å². The van der Waals surface area contributed by atoms with Crippen LogP contribution in [0.1, 0.15) is 78.1 Å². The van der Waals surface area contributed by atoms with Gasteiger partial charge >= 0.3 is 6.03 Å². The predicted octanol–water partition coefficient (Wildman–Crippen LogP) is 3.83. The fourth-order valence-electron chi connectivity index (χ4n) is 5.34. The zero-order chi connectivity index (χ0) is 29.8. The Morgan fingerprint density at radius 2 is 1.61 bits per heavy atom. The number of fused-ring (bicyclic) bond motifs is 1. The summed E-state index contributed by atoms with van der Waals surface area (Å²) >= 11 is 2.04. The number of hydrogen-bond acceptors (Lipinski definition) is 8. The molecule has 0 spiro atoms. The number of nitrogens with two attached hydrogens (primary N) is 1. The molecule has 3 atom stereocenters. The second-order valence-electron chi connectivity index (χ2n) is 11.2. The molecule has 0 radical (unpaired) electrons. The summed E-state index contributed by atoms with van der Waals surface area (Å²) in [5.74, 6) is 0.651. The standard InChI is InChI=1S/C30H56N4O6S/c1-4-5-6-10-15-34-28-26(41-24-30(28,3)33-29(34)36)12-9-7-8-11-25(2)32-14-17-38-19-21-40-23-22-39-20-18-37-16-13-27(31)35/h26,28,32H,2,4-24H2,1,3H3,(H2,31,35)(H,33,36)/t26-,28?,30?/m0/s1. The number of nitrogens with zero attached hydrogens (tertiary/aromatic N) is 1. The molecule has 11 heteroatoms. The van der Waals surface area contributed by atoms with Crippen molar-refractivity contribution in [2.75, 3.05) is 71.7 Å². The van der Waals surface area contributed by atoms with Gasteiger partial charge in [-0.3, -0.25) is 4.79 Å². The Kier molecular flexibility index (Phi) is 18.4. The molecule has 2 aliphatic rings. The summed E-state index contributed by atoms with van der Waals surface area (Å²) in [6, 6.07) is 0.463. The molecule has 4 N–H and O–H groups in total. The second-order valence-corrected chi connectivity index (χ2v) is 12.4. The Morgan fingerprint density at radius 1 is 0.976 bits per heavy atom. The summed E-state index contributed by atoms with van der Waals surface area (Å²) < 4.78 is 21.7. The van der Waals surface area contributed by atoms with Gasteiger partial charge in [-0.2, -0.15) is 11.8 Å². The molecule has 0 aromatic carbocycles. The van der Waals surface area contributed by atoms with Gasteiger partial charge in [0, 0.05) is 36.2 Å². The lowest BCUT2D eigenvalue weighted by atomic mass is 9.90. The molecule has 2 unspecified atom stereocenters. The highest BCUT2D eigenvalue weighted by molar-refractivity contribution is 8.00. The molecular weight excluding hydrogens is 544 g/mol. The zero-order valence-corrected chi connectivity index (χ0v) is 26.4. The molecule has 3 amide bonds. The summed E-state index contributed by atoms with van der Waals surface area (Å²) in [5.41, 5.74) is 6.02. The number of thioether (sulfide) groups is 1. The average Bonchev–Trinajstić information content (AvgIpc) is 3.38. The third-order valence-corrected chi connectivity index (χ3v) is 9.23. The maximum Gasteiger partial charge on any atom is 0.318 e. The molecule has 2 fully saturated rings. The number of allylic oxidation sites excluding steroid dienone is 1. The van der Waals surface area contributed by atoms with E-state index in [1.165, 1.54) is 38.5 Å². The Hall–Kier alpha value is -1.53. The Labute approximate surface area is 252 Å². The molecule has 2 heterocycles. The monoisotopic (exact) mass is 600 g/mol. The highest BCUT2D eigenvalue weighted by atomic mass is 32.2. The van der Waals surface area contributed by atoms with Crippen LogP contribution < -0.4 is 16.4 Å². The molecular formula is C30H56N4O6S. The first-order valence-corrected chi connectivity index (χ1v) is 16.6. The highest BCUT2D eigenvalue weighted by Gasteiger charge is 2.55. The maximum absolute atomic E-state index is 12.7. The minimum atomic E-state index is -0.363. The van der Waals surface area contributed by atoms with Gasteiger partial charge < -0.3 is 40.2 Å². The van der Waals surface area contributed by atoms with Crippen LogP contribution >= 0.6 is 11.8 Å². The van der Waals surface area contributed by atoms with E-state index in [4.69, 9.17) is 24.7 Å².